The number of nitrogens with zero attached hydrogens (tertiary/aromatic N) is 3. The van der Waals surface area contributed by atoms with Gasteiger partial charge in [-0.25, -0.2) is 4.79 Å². The smallest absolute Gasteiger partial charge is 0.410 e. The molecule has 2 saturated heterocycles. The molecule has 3 rings (SSSR count). The van der Waals surface area contributed by atoms with Crippen LogP contribution in [0.3, 0.4) is 0 Å². The minimum Gasteiger partial charge on any atom is -0.444 e. The number of hydrogen-bond acceptors (Lipinski definition) is 4. The molecule has 120 valence electrons. The van der Waals surface area contributed by atoms with Gasteiger partial charge in [0, 0.05) is 44.1 Å². The Balaban J connectivity index is 1.63. The Morgan fingerprint density at radius 2 is 1.82 bits per heavy atom. The normalized spacial score (nSPS) is 25.3. The summed E-state index contributed by atoms with van der Waals surface area (Å²) >= 11 is 0. The molecule has 1 aromatic heterocycles. The molecule has 2 bridgehead atoms. The lowest BCUT2D eigenvalue weighted by Crippen LogP contribution is -2.55. The number of piperazine rings is 1. The molecule has 2 aliphatic rings. The van der Waals surface area contributed by atoms with E-state index in [-0.39, 0.29) is 6.09 Å². The first kappa shape index (κ1) is 15.3. The number of rotatable bonds is 2. The molecule has 1 aromatic rings. The molecule has 0 aliphatic carbocycles. The van der Waals surface area contributed by atoms with Gasteiger partial charge in [-0.1, -0.05) is 0 Å². The van der Waals surface area contributed by atoms with Crippen molar-refractivity contribution in [2.75, 3.05) is 13.1 Å². The molecule has 2 fully saturated rings. The molecule has 2 unspecified atom stereocenters. The van der Waals surface area contributed by atoms with E-state index in [1.807, 2.05) is 38.1 Å². The molecular formula is C17H25N3O2. The second kappa shape index (κ2) is 5.88. The van der Waals surface area contributed by atoms with E-state index in [1.54, 1.807) is 0 Å². The van der Waals surface area contributed by atoms with Crippen LogP contribution in [0.15, 0.2) is 24.5 Å². The number of likely N-dealkylation sites (tertiary alicyclic amines) is 1. The summed E-state index contributed by atoms with van der Waals surface area (Å²) in [4.78, 5) is 20.8. The number of carbonyl (C=O) groups excluding carboxylic acids is 1. The van der Waals surface area contributed by atoms with Gasteiger partial charge in [-0.3, -0.25) is 9.88 Å². The van der Waals surface area contributed by atoms with Crippen LogP contribution >= 0.6 is 0 Å². The van der Waals surface area contributed by atoms with Gasteiger partial charge in [0.05, 0.1) is 0 Å². The van der Waals surface area contributed by atoms with Crippen LogP contribution in [0.2, 0.25) is 0 Å². The highest BCUT2D eigenvalue weighted by molar-refractivity contribution is 5.68. The van der Waals surface area contributed by atoms with Gasteiger partial charge in [0.2, 0.25) is 0 Å². The van der Waals surface area contributed by atoms with Crippen molar-refractivity contribution in [2.24, 2.45) is 0 Å². The third kappa shape index (κ3) is 3.40. The van der Waals surface area contributed by atoms with E-state index >= 15 is 0 Å². The maximum Gasteiger partial charge on any atom is 0.410 e. The van der Waals surface area contributed by atoms with Gasteiger partial charge in [0.1, 0.15) is 5.60 Å². The van der Waals surface area contributed by atoms with E-state index in [4.69, 9.17) is 4.74 Å². The first-order valence-electron chi connectivity index (χ1n) is 8.05. The van der Waals surface area contributed by atoms with Gasteiger partial charge in [-0.05, 0) is 51.3 Å². The fourth-order valence-corrected chi connectivity index (χ4v) is 3.42. The third-order valence-electron chi connectivity index (χ3n) is 4.40. The average Bonchev–Trinajstić information content (AvgIpc) is 2.69. The molecule has 3 heterocycles. The van der Waals surface area contributed by atoms with Crippen LogP contribution in [0.1, 0.15) is 39.2 Å². The minimum atomic E-state index is -0.426. The van der Waals surface area contributed by atoms with Crippen molar-refractivity contribution in [1.82, 2.24) is 14.8 Å². The molecule has 1 amide bonds. The highest BCUT2D eigenvalue weighted by Gasteiger charge is 2.42. The summed E-state index contributed by atoms with van der Waals surface area (Å²) < 4.78 is 5.52. The first-order valence-corrected chi connectivity index (χ1v) is 8.05. The van der Waals surface area contributed by atoms with Crippen molar-refractivity contribution in [3.05, 3.63) is 30.1 Å². The van der Waals surface area contributed by atoms with Gasteiger partial charge in [0.15, 0.2) is 0 Å². The third-order valence-corrected chi connectivity index (χ3v) is 4.40. The van der Waals surface area contributed by atoms with Gasteiger partial charge < -0.3 is 9.64 Å². The van der Waals surface area contributed by atoms with E-state index in [9.17, 15) is 4.79 Å². The molecule has 0 saturated carbocycles. The van der Waals surface area contributed by atoms with Crippen LogP contribution in [0, 0.1) is 0 Å². The summed E-state index contributed by atoms with van der Waals surface area (Å²) in [6.45, 7) is 8.24. The van der Waals surface area contributed by atoms with Crippen molar-refractivity contribution in [3.8, 4) is 0 Å². The maximum atomic E-state index is 12.3. The zero-order chi connectivity index (χ0) is 15.7. The number of aromatic nitrogens is 1. The Kier molecular flexibility index (Phi) is 4.08. The maximum absolute atomic E-state index is 12.3. The summed E-state index contributed by atoms with van der Waals surface area (Å²) in [7, 11) is 0. The van der Waals surface area contributed by atoms with Crippen LogP contribution < -0.4 is 0 Å². The second-order valence-electron chi connectivity index (χ2n) is 7.30. The molecule has 0 radical (unpaired) electrons. The number of amides is 1. The van der Waals surface area contributed by atoms with Crippen LogP contribution in [0.25, 0.3) is 0 Å². The van der Waals surface area contributed by atoms with E-state index in [1.165, 1.54) is 5.56 Å². The quantitative estimate of drug-likeness (QED) is 0.842. The fraction of sp³-hybridized carbons (Fsp3) is 0.647. The largest absolute Gasteiger partial charge is 0.444 e. The molecule has 0 spiro atoms. The number of pyridine rings is 1. The monoisotopic (exact) mass is 303 g/mol. The Hall–Kier alpha value is -1.62. The SMILES string of the molecule is CC(C)(C)OC(=O)N1CC2CCC(C1)N2Cc1ccncc1. The van der Waals surface area contributed by atoms with Crippen molar-refractivity contribution in [1.29, 1.82) is 0 Å². The molecule has 5 heteroatoms. The van der Waals surface area contributed by atoms with E-state index < -0.39 is 5.60 Å². The second-order valence-corrected chi connectivity index (χ2v) is 7.30. The molecule has 0 aromatic carbocycles. The summed E-state index contributed by atoms with van der Waals surface area (Å²) in [5.41, 5.74) is 0.863. The summed E-state index contributed by atoms with van der Waals surface area (Å²) in [5.74, 6) is 0. The van der Waals surface area contributed by atoms with Crippen LogP contribution in [-0.4, -0.2) is 51.7 Å². The lowest BCUT2D eigenvalue weighted by Gasteiger charge is -2.41. The molecule has 5 nitrogen and oxygen atoms in total. The molecular weight excluding hydrogens is 278 g/mol. The molecule has 2 atom stereocenters. The Morgan fingerprint density at radius 1 is 1.23 bits per heavy atom. The molecule has 22 heavy (non-hydrogen) atoms. The highest BCUT2D eigenvalue weighted by atomic mass is 16.6. The van der Waals surface area contributed by atoms with Gasteiger partial charge in [0.25, 0.3) is 0 Å². The lowest BCUT2D eigenvalue weighted by atomic mass is 10.1. The van der Waals surface area contributed by atoms with Crippen LogP contribution in [0.5, 0.6) is 0 Å². The van der Waals surface area contributed by atoms with Crippen LogP contribution in [-0.2, 0) is 11.3 Å². The average molecular weight is 303 g/mol. The predicted molar refractivity (Wildman–Crippen MR) is 84.4 cm³/mol. The minimum absolute atomic E-state index is 0.173. The Morgan fingerprint density at radius 3 is 2.36 bits per heavy atom. The summed E-state index contributed by atoms with van der Waals surface area (Å²) in [6.07, 6.45) is 5.83. The van der Waals surface area contributed by atoms with Crippen molar-refractivity contribution < 1.29 is 9.53 Å². The predicted octanol–water partition coefficient (Wildman–Crippen LogP) is 2.67. The number of carbonyl (C=O) groups is 1. The topological polar surface area (TPSA) is 45.7 Å². The van der Waals surface area contributed by atoms with Crippen molar-refractivity contribution >= 4 is 6.09 Å². The highest BCUT2D eigenvalue weighted by Crippen LogP contribution is 2.32. The van der Waals surface area contributed by atoms with E-state index in [2.05, 4.69) is 22.0 Å². The summed E-state index contributed by atoms with van der Waals surface area (Å²) in [5, 5.41) is 0. The van der Waals surface area contributed by atoms with Gasteiger partial charge in [-0.15, -0.1) is 0 Å². The van der Waals surface area contributed by atoms with E-state index in [0.29, 0.717) is 12.1 Å². The zero-order valence-electron chi connectivity index (χ0n) is 13.7. The number of ether oxygens (including phenoxy) is 1. The van der Waals surface area contributed by atoms with E-state index in [0.717, 1.165) is 32.5 Å². The van der Waals surface area contributed by atoms with Crippen molar-refractivity contribution in [2.45, 2.75) is 57.8 Å². The zero-order valence-corrected chi connectivity index (χ0v) is 13.7. The van der Waals surface area contributed by atoms with Gasteiger partial charge in [-0.2, -0.15) is 0 Å². The number of hydrogen-bond donors (Lipinski definition) is 0. The standard InChI is InChI=1S/C17H25N3O2/c1-17(2,3)22-16(21)19-11-14-4-5-15(12-19)20(14)10-13-6-8-18-9-7-13/h6-9,14-15H,4-5,10-12H2,1-3H3. The number of fused-ring (bicyclic) bond motifs is 2. The van der Waals surface area contributed by atoms with Gasteiger partial charge >= 0.3 is 6.09 Å². The molecule has 2 aliphatic heterocycles. The Bertz CT molecular complexity index is 512. The first-order chi connectivity index (χ1) is 10.4. The van der Waals surface area contributed by atoms with Crippen LogP contribution in [0.4, 0.5) is 4.79 Å². The fourth-order valence-electron chi connectivity index (χ4n) is 3.42. The lowest BCUT2D eigenvalue weighted by molar-refractivity contribution is -0.000118. The molecule has 0 N–H and O–H groups in total. The van der Waals surface area contributed by atoms with Crippen molar-refractivity contribution in [3.63, 3.8) is 0 Å². The Labute approximate surface area is 132 Å². The summed E-state index contributed by atoms with van der Waals surface area (Å²) in [6, 6.07) is 5.03.